The van der Waals surface area contributed by atoms with Crippen LogP contribution in [0.5, 0.6) is 11.5 Å². The minimum absolute atomic E-state index is 0.0712. The lowest BCUT2D eigenvalue weighted by Crippen LogP contribution is -2.06. The summed E-state index contributed by atoms with van der Waals surface area (Å²) in [6.07, 6.45) is 1.33. The molecule has 0 bridgehead atoms. The molecule has 0 aliphatic carbocycles. The molecule has 2 aromatic carbocycles. The first-order valence-electron chi connectivity index (χ1n) is 9.98. The van der Waals surface area contributed by atoms with Gasteiger partial charge in [0.15, 0.2) is 0 Å². The van der Waals surface area contributed by atoms with Gasteiger partial charge in [-0.15, -0.1) is 11.3 Å². The molecule has 0 amide bonds. The maximum atomic E-state index is 10.7. The Morgan fingerprint density at radius 2 is 1.83 bits per heavy atom. The molecule has 0 N–H and O–H groups in total. The van der Waals surface area contributed by atoms with Crippen molar-refractivity contribution >= 4 is 11.3 Å². The van der Waals surface area contributed by atoms with Crippen LogP contribution in [0.2, 0.25) is 0 Å². The second-order valence-corrected chi connectivity index (χ2v) is 8.50. The molecule has 0 radical (unpaired) electrons. The summed E-state index contributed by atoms with van der Waals surface area (Å²) in [5.41, 5.74) is 5.49. The van der Waals surface area contributed by atoms with E-state index in [0.717, 1.165) is 34.6 Å². The van der Waals surface area contributed by atoms with Crippen LogP contribution in [-0.2, 0) is 12.8 Å². The Hall–Kier alpha value is -2.86. The topological polar surface area (TPSA) is 61.6 Å². The molecule has 6 heteroatoms. The van der Waals surface area contributed by atoms with Gasteiger partial charge in [0.1, 0.15) is 11.5 Å². The van der Waals surface area contributed by atoms with Gasteiger partial charge in [-0.3, -0.25) is 10.1 Å². The fourth-order valence-corrected chi connectivity index (χ4v) is 4.33. The molecule has 158 valence electrons. The van der Waals surface area contributed by atoms with Crippen molar-refractivity contribution in [1.82, 2.24) is 0 Å². The first kappa shape index (κ1) is 21.8. The predicted molar refractivity (Wildman–Crippen MR) is 122 cm³/mol. The summed E-state index contributed by atoms with van der Waals surface area (Å²) in [5.74, 6) is 1.66. The Morgan fingerprint density at radius 1 is 1.10 bits per heavy atom. The number of nitrogens with zero attached hydrogens (tertiary/aromatic N) is 1. The van der Waals surface area contributed by atoms with Crippen LogP contribution in [0.4, 0.5) is 0 Å². The quantitative estimate of drug-likeness (QED) is 0.315. The van der Waals surface area contributed by atoms with E-state index in [4.69, 9.17) is 9.47 Å². The average molecular weight is 426 g/mol. The molecule has 1 aromatic heterocycles. The molecule has 0 aliphatic heterocycles. The van der Waals surface area contributed by atoms with Gasteiger partial charge in [-0.25, -0.2) is 0 Å². The summed E-state index contributed by atoms with van der Waals surface area (Å²) in [5, 5.41) is 12.9. The van der Waals surface area contributed by atoms with Crippen LogP contribution in [0.1, 0.15) is 36.1 Å². The van der Waals surface area contributed by atoms with E-state index in [9.17, 15) is 10.1 Å². The number of methoxy groups -OCH3 is 1. The van der Waals surface area contributed by atoms with E-state index >= 15 is 0 Å². The number of nitro groups is 1. The van der Waals surface area contributed by atoms with E-state index in [0.29, 0.717) is 6.42 Å². The first-order valence-corrected chi connectivity index (χ1v) is 10.9. The van der Waals surface area contributed by atoms with Gasteiger partial charge >= 0.3 is 0 Å². The number of hydrogen-bond acceptors (Lipinski definition) is 5. The van der Waals surface area contributed by atoms with Gasteiger partial charge in [-0.1, -0.05) is 6.07 Å². The molecule has 0 spiro atoms. The third-order valence-corrected chi connectivity index (χ3v) is 5.89. The van der Waals surface area contributed by atoms with E-state index < -0.39 is 0 Å². The van der Waals surface area contributed by atoms with Crippen LogP contribution in [-0.4, -0.2) is 24.7 Å². The molecule has 0 saturated heterocycles. The molecule has 0 unspecified atom stereocenters. The summed E-state index contributed by atoms with van der Waals surface area (Å²) < 4.78 is 11.3. The van der Waals surface area contributed by atoms with Gasteiger partial charge in [-0.05, 0) is 90.4 Å². The van der Waals surface area contributed by atoms with E-state index in [2.05, 4.69) is 29.6 Å². The predicted octanol–water partition coefficient (Wildman–Crippen LogP) is 5.93. The van der Waals surface area contributed by atoms with Crippen LogP contribution in [0.3, 0.4) is 0 Å². The highest BCUT2D eigenvalue weighted by Crippen LogP contribution is 2.32. The minimum Gasteiger partial charge on any atom is -0.496 e. The summed E-state index contributed by atoms with van der Waals surface area (Å²) in [4.78, 5) is 11.6. The Labute approximate surface area is 181 Å². The van der Waals surface area contributed by atoms with Crippen LogP contribution in [0.25, 0.3) is 10.4 Å². The third kappa shape index (κ3) is 5.60. The van der Waals surface area contributed by atoms with Crippen molar-refractivity contribution in [2.75, 3.05) is 13.7 Å². The van der Waals surface area contributed by atoms with E-state index in [1.165, 1.54) is 16.0 Å². The normalized spacial score (nSPS) is 11.0. The Bertz CT molecular complexity index is 1010. The first-order chi connectivity index (χ1) is 14.4. The summed E-state index contributed by atoms with van der Waals surface area (Å²) in [6, 6.07) is 14.4. The number of rotatable bonds is 9. The highest BCUT2D eigenvalue weighted by Gasteiger charge is 2.12. The molecule has 0 saturated carbocycles. The molecule has 3 aromatic rings. The number of ether oxygens (including phenoxy) is 2. The molecular formula is C24H27NO4S. The van der Waals surface area contributed by atoms with E-state index in [1.807, 2.05) is 39.0 Å². The van der Waals surface area contributed by atoms with E-state index in [1.54, 1.807) is 18.4 Å². The van der Waals surface area contributed by atoms with Crippen LogP contribution < -0.4 is 9.47 Å². The number of aryl methyl sites for hydroxylation is 1. The molecule has 1 heterocycles. The van der Waals surface area contributed by atoms with Crippen molar-refractivity contribution in [3.05, 3.63) is 80.2 Å². The molecule has 30 heavy (non-hydrogen) atoms. The molecule has 0 fully saturated rings. The second kappa shape index (κ2) is 9.76. The van der Waals surface area contributed by atoms with Gasteiger partial charge in [0.05, 0.1) is 13.2 Å². The molecule has 0 aliphatic rings. The molecule has 5 nitrogen and oxygen atoms in total. The zero-order valence-corrected chi connectivity index (χ0v) is 18.6. The number of benzene rings is 2. The lowest BCUT2D eigenvalue weighted by atomic mass is 9.98. The standard InChI is InChI=1S/C24H27NO4S/c1-16(2)29-22-7-5-19(6-8-22)24-13-18(15-30-24)12-21-11-17(3)20(9-10-25(26)27)14-23(21)28-4/h5-8,11,13-16H,9-10,12H2,1-4H3. The Morgan fingerprint density at radius 3 is 2.47 bits per heavy atom. The summed E-state index contributed by atoms with van der Waals surface area (Å²) >= 11 is 1.72. The van der Waals surface area contributed by atoms with Gasteiger partial charge in [0.25, 0.3) is 0 Å². The SMILES string of the molecule is COc1cc(CC[N+](=O)[O-])c(C)cc1Cc1csc(-c2ccc(OC(C)C)cc2)c1. The highest BCUT2D eigenvalue weighted by atomic mass is 32.1. The van der Waals surface area contributed by atoms with E-state index in [-0.39, 0.29) is 17.6 Å². The molecular weight excluding hydrogens is 398 g/mol. The zero-order chi connectivity index (χ0) is 21.7. The monoisotopic (exact) mass is 425 g/mol. The largest absolute Gasteiger partial charge is 0.496 e. The van der Waals surface area contributed by atoms with Gasteiger partial charge in [-0.2, -0.15) is 0 Å². The van der Waals surface area contributed by atoms with Crippen molar-refractivity contribution in [2.45, 2.75) is 39.7 Å². The fourth-order valence-electron chi connectivity index (χ4n) is 3.41. The van der Waals surface area contributed by atoms with Gasteiger partial charge in [0, 0.05) is 22.6 Å². The van der Waals surface area contributed by atoms with Gasteiger partial charge < -0.3 is 9.47 Å². The van der Waals surface area contributed by atoms with Crippen LogP contribution in [0, 0.1) is 17.0 Å². The summed E-state index contributed by atoms with van der Waals surface area (Å²) in [7, 11) is 1.64. The maximum absolute atomic E-state index is 10.7. The second-order valence-electron chi connectivity index (χ2n) is 7.58. The van der Waals surface area contributed by atoms with Crippen molar-refractivity contribution in [2.24, 2.45) is 0 Å². The number of thiophene rings is 1. The van der Waals surface area contributed by atoms with Crippen molar-refractivity contribution in [1.29, 1.82) is 0 Å². The lowest BCUT2D eigenvalue weighted by Gasteiger charge is -2.12. The third-order valence-electron chi connectivity index (χ3n) is 4.86. The highest BCUT2D eigenvalue weighted by molar-refractivity contribution is 7.13. The lowest BCUT2D eigenvalue weighted by molar-refractivity contribution is -0.479. The Kier molecular flexibility index (Phi) is 7.11. The number of hydrogen-bond donors (Lipinski definition) is 0. The van der Waals surface area contributed by atoms with Crippen molar-refractivity contribution in [3.8, 4) is 21.9 Å². The van der Waals surface area contributed by atoms with Crippen molar-refractivity contribution < 1.29 is 14.4 Å². The smallest absolute Gasteiger partial charge is 0.207 e. The van der Waals surface area contributed by atoms with Crippen molar-refractivity contribution in [3.63, 3.8) is 0 Å². The maximum Gasteiger partial charge on any atom is 0.207 e. The Balaban J connectivity index is 1.76. The van der Waals surface area contributed by atoms with Gasteiger partial charge in [0.2, 0.25) is 6.54 Å². The fraction of sp³-hybridized carbons (Fsp3) is 0.333. The minimum atomic E-state index is -0.284. The van der Waals surface area contributed by atoms with Crippen LogP contribution >= 0.6 is 11.3 Å². The summed E-state index contributed by atoms with van der Waals surface area (Å²) in [6.45, 7) is 5.96. The molecule has 3 rings (SSSR count). The molecule has 0 atom stereocenters. The zero-order valence-electron chi connectivity index (χ0n) is 17.8. The van der Waals surface area contributed by atoms with Crippen LogP contribution in [0.15, 0.2) is 47.8 Å². The average Bonchev–Trinajstić information content (AvgIpc) is 3.16.